The number of aryl methyl sites for hydroxylation is 3. The van der Waals surface area contributed by atoms with E-state index < -0.39 is 0 Å². The van der Waals surface area contributed by atoms with Crippen LogP contribution < -0.4 is 14.8 Å². The zero-order valence-corrected chi connectivity index (χ0v) is 26.1. The Morgan fingerprint density at radius 1 is 1.00 bits per heavy atom. The molecule has 214 valence electrons. The minimum atomic E-state index is -0.341. The van der Waals surface area contributed by atoms with Crippen LogP contribution in [0.15, 0.2) is 64.0 Å². The van der Waals surface area contributed by atoms with Gasteiger partial charge in [-0.05, 0) is 119 Å². The van der Waals surface area contributed by atoms with Crippen molar-refractivity contribution in [2.24, 2.45) is 0 Å². The van der Waals surface area contributed by atoms with Crippen LogP contribution >= 0.6 is 27.7 Å². The Kier molecular flexibility index (Phi) is 9.94. The third-order valence-corrected chi connectivity index (χ3v) is 8.21. The van der Waals surface area contributed by atoms with Gasteiger partial charge >= 0.3 is 0 Å². The summed E-state index contributed by atoms with van der Waals surface area (Å²) >= 11 is 4.39. The van der Waals surface area contributed by atoms with Crippen molar-refractivity contribution < 1.29 is 23.9 Å². The van der Waals surface area contributed by atoms with E-state index in [1.54, 1.807) is 30.3 Å². The highest BCUT2D eigenvalue weighted by molar-refractivity contribution is 9.10. The molecule has 3 amide bonds. The second kappa shape index (κ2) is 13.4. The molecule has 1 aliphatic rings. The van der Waals surface area contributed by atoms with Gasteiger partial charge in [-0.15, -0.1) is 0 Å². The number of carbonyl (C=O) groups is 3. The lowest BCUT2D eigenvalue weighted by atomic mass is 10.0. The Labute approximate surface area is 253 Å². The molecule has 41 heavy (non-hydrogen) atoms. The molecule has 0 atom stereocenters. The number of thioether (sulfide) groups is 1. The van der Waals surface area contributed by atoms with Crippen molar-refractivity contribution in [3.8, 4) is 11.5 Å². The first-order chi connectivity index (χ1) is 19.5. The van der Waals surface area contributed by atoms with Gasteiger partial charge in [0.15, 0.2) is 6.61 Å². The Morgan fingerprint density at radius 3 is 2.41 bits per heavy atom. The predicted molar refractivity (Wildman–Crippen MR) is 168 cm³/mol. The maximum absolute atomic E-state index is 12.9. The summed E-state index contributed by atoms with van der Waals surface area (Å²) in [6, 6.07) is 16.9. The molecule has 0 saturated carbocycles. The second-order valence-corrected chi connectivity index (χ2v) is 12.0. The van der Waals surface area contributed by atoms with Crippen LogP contribution in [0.4, 0.5) is 10.5 Å². The highest BCUT2D eigenvalue weighted by Crippen LogP contribution is 2.33. The van der Waals surface area contributed by atoms with E-state index in [1.807, 2.05) is 45.0 Å². The third-order valence-electron chi connectivity index (χ3n) is 6.64. The first-order valence-corrected chi connectivity index (χ1v) is 14.9. The van der Waals surface area contributed by atoms with Crippen LogP contribution in [-0.4, -0.2) is 41.7 Å². The molecule has 0 aliphatic carbocycles. The summed E-state index contributed by atoms with van der Waals surface area (Å²) in [5.74, 6) is 0.967. The van der Waals surface area contributed by atoms with E-state index in [9.17, 15) is 14.4 Å². The van der Waals surface area contributed by atoms with Crippen molar-refractivity contribution >= 4 is 56.5 Å². The van der Waals surface area contributed by atoms with Gasteiger partial charge in [-0.2, -0.15) is 0 Å². The summed E-state index contributed by atoms with van der Waals surface area (Å²) in [6.45, 7) is 10.4. The molecule has 1 N–H and O–H groups in total. The molecule has 7 nitrogen and oxygen atoms in total. The van der Waals surface area contributed by atoms with E-state index in [0.717, 1.165) is 49.8 Å². The van der Waals surface area contributed by atoms with Gasteiger partial charge in [0.1, 0.15) is 18.1 Å². The van der Waals surface area contributed by atoms with E-state index in [-0.39, 0.29) is 36.8 Å². The highest BCUT2D eigenvalue weighted by atomic mass is 79.9. The lowest BCUT2D eigenvalue weighted by molar-refractivity contribution is -0.123. The lowest BCUT2D eigenvalue weighted by Crippen LogP contribution is -2.32. The fourth-order valence-electron chi connectivity index (χ4n) is 4.21. The van der Waals surface area contributed by atoms with Crippen LogP contribution in [0.1, 0.15) is 47.6 Å². The zero-order valence-electron chi connectivity index (χ0n) is 23.7. The van der Waals surface area contributed by atoms with Gasteiger partial charge in [0.2, 0.25) is 0 Å². The first-order valence-electron chi connectivity index (χ1n) is 13.3. The minimum absolute atomic E-state index is 0.152. The molecule has 4 rings (SSSR count). The Morgan fingerprint density at radius 2 is 1.71 bits per heavy atom. The molecule has 9 heteroatoms. The quantitative estimate of drug-likeness (QED) is 0.230. The number of carbonyl (C=O) groups excluding carboxylic acids is 3. The monoisotopic (exact) mass is 636 g/mol. The number of ether oxygens (including phenoxy) is 2. The number of benzene rings is 3. The van der Waals surface area contributed by atoms with Gasteiger partial charge < -0.3 is 14.8 Å². The molecular formula is C32H33BrN2O5S. The maximum atomic E-state index is 12.9. The molecule has 0 radical (unpaired) electrons. The highest BCUT2D eigenvalue weighted by Gasteiger charge is 2.34. The molecule has 3 aromatic rings. The second-order valence-electron chi connectivity index (χ2n) is 10.2. The largest absolute Gasteiger partial charge is 0.491 e. The third kappa shape index (κ3) is 7.80. The Hall–Kier alpha value is -3.56. The SMILES string of the molecule is Cc1ccc(C(C)C)c(OCCN2C(=O)S/C(=C\c3ccc(OCC(=O)Nc4cc(C)c(C)cc4Br)cc3)C2=O)c1. The summed E-state index contributed by atoms with van der Waals surface area (Å²) in [6.07, 6.45) is 1.68. The topological polar surface area (TPSA) is 84.9 Å². The van der Waals surface area contributed by atoms with Crippen LogP contribution in [0.2, 0.25) is 0 Å². The fourth-order valence-corrected chi connectivity index (χ4v) is 5.63. The van der Waals surface area contributed by atoms with E-state index >= 15 is 0 Å². The van der Waals surface area contributed by atoms with Gasteiger partial charge in [-0.1, -0.05) is 38.1 Å². The molecule has 3 aromatic carbocycles. The van der Waals surface area contributed by atoms with Gasteiger partial charge in [-0.3, -0.25) is 19.3 Å². The lowest BCUT2D eigenvalue weighted by Gasteiger charge is -2.17. The van der Waals surface area contributed by atoms with Crippen LogP contribution in [0.5, 0.6) is 11.5 Å². The summed E-state index contributed by atoms with van der Waals surface area (Å²) in [7, 11) is 0. The van der Waals surface area contributed by atoms with Crippen LogP contribution in [0.25, 0.3) is 6.08 Å². The molecule has 1 heterocycles. The average Bonchev–Trinajstić information content (AvgIpc) is 3.18. The van der Waals surface area contributed by atoms with Gasteiger partial charge in [0.25, 0.3) is 17.1 Å². The van der Waals surface area contributed by atoms with Crippen molar-refractivity contribution in [3.05, 3.63) is 91.8 Å². The van der Waals surface area contributed by atoms with E-state index in [1.165, 1.54) is 4.90 Å². The fraction of sp³-hybridized carbons (Fsp3) is 0.281. The number of amides is 3. The standard InChI is InChI=1S/C32H33BrN2O5S/c1-19(2)25-11-6-20(3)14-28(25)39-13-12-35-31(37)29(41-32(35)38)17-23-7-9-24(10-8-23)40-18-30(36)34-27-16-22(5)21(4)15-26(27)33/h6-11,14-17,19H,12-13,18H2,1-5H3,(H,34,36)/b29-17-. The first kappa shape index (κ1) is 30.4. The molecule has 1 saturated heterocycles. The van der Waals surface area contributed by atoms with Crippen molar-refractivity contribution in [1.29, 1.82) is 0 Å². The maximum Gasteiger partial charge on any atom is 0.293 e. The molecule has 0 unspecified atom stereocenters. The number of halogens is 1. The van der Waals surface area contributed by atoms with E-state index in [4.69, 9.17) is 9.47 Å². The van der Waals surface area contributed by atoms with Crippen molar-refractivity contribution in [1.82, 2.24) is 4.90 Å². The van der Waals surface area contributed by atoms with Crippen LogP contribution in [0, 0.1) is 20.8 Å². The van der Waals surface area contributed by atoms with Crippen LogP contribution in [-0.2, 0) is 9.59 Å². The Balaban J connectivity index is 1.30. The smallest absolute Gasteiger partial charge is 0.293 e. The number of hydrogen-bond acceptors (Lipinski definition) is 6. The number of hydrogen-bond donors (Lipinski definition) is 1. The minimum Gasteiger partial charge on any atom is -0.491 e. The number of nitrogens with one attached hydrogen (secondary N) is 1. The Bertz CT molecular complexity index is 1500. The normalized spacial score (nSPS) is 14.2. The van der Waals surface area contributed by atoms with Gasteiger partial charge in [-0.25, -0.2) is 0 Å². The zero-order chi connectivity index (χ0) is 29.7. The van der Waals surface area contributed by atoms with E-state index in [0.29, 0.717) is 22.3 Å². The summed E-state index contributed by atoms with van der Waals surface area (Å²) in [5.41, 5.74) is 5.81. The van der Waals surface area contributed by atoms with Gasteiger partial charge in [0, 0.05) is 4.47 Å². The molecule has 0 bridgehead atoms. The molecule has 1 aliphatic heterocycles. The summed E-state index contributed by atoms with van der Waals surface area (Å²) in [5, 5.41) is 2.53. The molecule has 0 aromatic heterocycles. The summed E-state index contributed by atoms with van der Waals surface area (Å²) < 4.78 is 12.4. The van der Waals surface area contributed by atoms with Crippen molar-refractivity contribution in [3.63, 3.8) is 0 Å². The number of imide groups is 1. The predicted octanol–water partition coefficient (Wildman–Crippen LogP) is 7.63. The molecule has 0 spiro atoms. The van der Waals surface area contributed by atoms with E-state index in [2.05, 4.69) is 41.2 Å². The van der Waals surface area contributed by atoms with Gasteiger partial charge in [0.05, 0.1) is 17.1 Å². The van der Waals surface area contributed by atoms with Crippen molar-refractivity contribution in [2.75, 3.05) is 25.1 Å². The number of anilines is 1. The summed E-state index contributed by atoms with van der Waals surface area (Å²) in [4.78, 5) is 39.5. The molecular weight excluding hydrogens is 604 g/mol. The number of rotatable bonds is 10. The number of nitrogens with zero attached hydrogens (tertiary/aromatic N) is 1. The average molecular weight is 638 g/mol. The molecule has 1 fully saturated rings. The van der Waals surface area contributed by atoms with Crippen LogP contribution in [0.3, 0.4) is 0 Å². The van der Waals surface area contributed by atoms with Crippen molar-refractivity contribution in [2.45, 2.75) is 40.5 Å².